The zero-order valence-corrected chi connectivity index (χ0v) is 32.0. The van der Waals surface area contributed by atoms with Crippen molar-refractivity contribution in [1.82, 2.24) is 9.80 Å². The summed E-state index contributed by atoms with van der Waals surface area (Å²) in [5.74, 6) is 2.57. The molecule has 0 aromatic heterocycles. The standard InChI is InChI=1S/C38H42N2O6.C4H6O5/c1-39-15-13-25-20-32(42-4)34-22-28(25)29(39)17-23-7-10-27(11-8-23)45-33-19-24(9-12-31(33)41-3)18-30-36-26(14-16-40(30)2)21-35(43-5)37(44-6)38(36)46-34;5-2(4(8)9)1-3(6)7/h7-12,19-22,29-30H,13-18H2,1-6H3;2,5H,1H2,(H,6,7)(H,8,9)/t29-,30-;/m0./s1. The molecule has 4 aliphatic heterocycles. The fourth-order valence-corrected chi connectivity index (χ4v) is 7.53. The zero-order valence-electron chi connectivity index (χ0n) is 32.0. The van der Waals surface area contributed by atoms with Crippen LogP contribution in [0.15, 0.2) is 60.7 Å². The Hall–Kier alpha value is -5.50. The predicted octanol–water partition coefficient (Wildman–Crippen LogP) is 6.07. The average molecular weight is 757 g/mol. The van der Waals surface area contributed by atoms with E-state index in [9.17, 15) is 9.59 Å². The number of rotatable bonds is 7. The Morgan fingerprint density at radius 2 is 1.33 bits per heavy atom. The Balaban J connectivity index is 0.000000510. The van der Waals surface area contributed by atoms with Crippen molar-refractivity contribution in [2.45, 2.75) is 50.3 Å². The average Bonchev–Trinajstić information content (AvgIpc) is 3.17. The molecule has 0 saturated carbocycles. The summed E-state index contributed by atoms with van der Waals surface area (Å²) < 4.78 is 37.1. The van der Waals surface area contributed by atoms with Gasteiger partial charge in [0.2, 0.25) is 5.75 Å². The lowest BCUT2D eigenvalue weighted by molar-refractivity contribution is -0.152. The molecule has 0 radical (unpaired) electrons. The van der Waals surface area contributed by atoms with Crippen molar-refractivity contribution in [3.8, 4) is 46.0 Å². The Labute approximate surface area is 320 Å². The maximum atomic E-state index is 9.72. The number of aliphatic hydroxyl groups is 1. The lowest BCUT2D eigenvalue weighted by Gasteiger charge is -2.37. The van der Waals surface area contributed by atoms with Gasteiger partial charge in [0.25, 0.3) is 0 Å². The van der Waals surface area contributed by atoms with E-state index in [0.717, 1.165) is 55.6 Å². The summed E-state index contributed by atoms with van der Waals surface area (Å²) in [6.45, 7) is 1.86. The number of carbonyl (C=O) groups is 2. The number of hydrogen-bond acceptors (Lipinski definition) is 11. The van der Waals surface area contributed by atoms with Crippen LogP contribution in [0.2, 0.25) is 0 Å². The van der Waals surface area contributed by atoms with Gasteiger partial charge in [-0.3, -0.25) is 14.6 Å². The third-order valence-electron chi connectivity index (χ3n) is 10.5. The number of ether oxygens (including phenoxy) is 6. The molecule has 0 saturated heterocycles. The van der Waals surface area contributed by atoms with Crippen LogP contribution in [0.25, 0.3) is 0 Å². The summed E-state index contributed by atoms with van der Waals surface area (Å²) in [5, 5.41) is 24.1. The number of carboxylic acid groups (broad SMARTS) is 2. The molecule has 0 aliphatic carbocycles. The van der Waals surface area contributed by atoms with E-state index in [0.29, 0.717) is 40.2 Å². The second-order valence-corrected chi connectivity index (χ2v) is 13.9. The van der Waals surface area contributed by atoms with Gasteiger partial charge in [-0.25, -0.2) is 4.79 Å². The minimum atomic E-state index is -1.79. The van der Waals surface area contributed by atoms with Crippen molar-refractivity contribution < 1.29 is 53.3 Å². The highest BCUT2D eigenvalue weighted by Crippen LogP contribution is 2.52. The van der Waals surface area contributed by atoms with E-state index >= 15 is 0 Å². The quantitative estimate of drug-likeness (QED) is 0.200. The lowest BCUT2D eigenvalue weighted by atomic mass is 9.87. The lowest BCUT2D eigenvalue weighted by Crippen LogP contribution is -2.34. The van der Waals surface area contributed by atoms with Gasteiger partial charge in [-0.2, -0.15) is 0 Å². The number of carboxylic acids is 2. The molecule has 0 amide bonds. The molecule has 6 bridgehead atoms. The smallest absolute Gasteiger partial charge is 0.333 e. The van der Waals surface area contributed by atoms with Crippen molar-refractivity contribution in [3.63, 3.8) is 0 Å². The van der Waals surface area contributed by atoms with E-state index in [4.69, 9.17) is 43.7 Å². The monoisotopic (exact) mass is 756 g/mol. The van der Waals surface area contributed by atoms with Crippen LogP contribution in [0.5, 0.6) is 46.0 Å². The maximum Gasteiger partial charge on any atom is 0.333 e. The van der Waals surface area contributed by atoms with Crippen LogP contribution in [-0.4, -0.2) is 98.8 Å². The molecule has 13 nitrogen and oxygen atoms in total. The maximum absolute atomic E-state index is 9.72. The van der Waals surface area contributed by atoms with Gasteiger partial charge in [0.1, 0.15) is 5.75 Å². The number of methoxy groups -OCH3 is 4. The van der Waals surface area contributed by atoms with E-state index < -0.39 is 24.5 Å². The van der Waals surface area contributed by atoms with Crippen LogP contribution in [0, 0.1) is 0 Å². The highest BCUT2D eigenvalue weighted by atomic mass is 16.5. The molecule has 292 valence electrons. The van der Waals surface area contributed by atoms with Crippen molar-refractivity contribution in [2.75, 3.05) is 55.6 Å². The summed E-state index contributed by atoms with van der Waals surface area (Å²) >= 11 is 0. The van der Waals surface area contributed by atoms with E-state index in [2.05, 4.69) is 66.4 Å². The first-order valence-corrected chi connectivity index (χ1v) is 18.1. The molecule has 8 rings (SSSR count). The van der Waals surface area contributed by atoms with E-state index in [1.54, 1.807) is 28.4 Å². The van der Waals surface area contributed by atoms with Crippen LogP contribution in [0.3, 0.4) is 0 Å². The Morgan fingerprint density at radius 1 is 0.727 bits per heavy atom. The molecule has 0 fully saturated rings. The van der Waals surface area contributed by atoms with Gasteiger partial charge in [0.05, 0.1) is 34.9 Å². The zero-order chi connectivity index (χ0) is 39.4. The number of hydrogen-bond donors (Lipinski definition) is 3. The van der Waals surface area contributed by atoms with Gasteiger partial charge < -0.3 is 43.7 Å². The topological polar surface area (TPSA) is 157 Å². The second kappa shape index (κ2) is 16.9. The summed E-state index contributed by atoms with van der Waals surface area (Å²) in [6.07, 6.45) is 0.829. The van der Waals surface area contributed by atoms with Crippen LogP contribution in [0.4, 0.5) is 0 Å². The SMILES string of the molecule is COc1ccc2cc1Oc1ccc(cc1)C[C@H]1c3cc(c(OC)cc3CCN1C)Oc1c(OC)c(OC)cc3c1[C@H](C2)N(C)CC3.O=C(O)CC(O)C(=O)O. The molecule has 1 unspecified atom stereocenters. The molecule has 4 heterocycles. The fourth-order valence-electron chi connectivity index (χ4n) is 7.53. The summed E-state index contributed by atoms with van der Waals surface area (Å²) in [5.41, 5.74) is 7.15. The first kappa shape index (κ1) is 39.2. The number of nitrogens with zero attached hydrogens (tertiary/aromatic N) is 2. The normalized spacial score (nSPS) is 18.1. The largest absolute Gasteiger partial charge is 0.493 e. The van der Waals surface area contributed by atoms with Crippen LogP contribution in [0.1, 0.15) is 51.9 Å². The van der Waals surface area contributed by atoms with Gasteiger partial charge in [0, 0.05) is 30.7 Å². The molecular weight excluding hydrogens is 708 g/mol. The molecule has 55 heavy (non-hydrogen) atoms. The Morgan fingerprint density at radius 3 is 1.95 bits per heavy atom. The molecule has 4 aromatic rings. The van der Waals surface area contributed by atoms with Gasteiger partial charge in [-0.15, -0.1) is 0 Å². The third-order valence-corrected chi connectivity index (χ3v) is 10.5. The minimum absolute atomic E-state index is 0.000437. The van der Waals surface area contributed by atoms with Gasteiger partial charge in [-0.05, 0) is 110 Å². The first-order valence-electron chi connectivity index (χ1n) is 18.1. The summed E-state index contributed by atoms with van der Waals surface area (Å²) in [7, 11) is 11.1. The first-order chi connectivity index (χ1) is 26.4. The Kier molecular flexibility index (Phi) is 12.0. The number of aliphatic hydroxyl groups excluding tert-OH is 1. The summed E-state index contributed by atoms with van der Waals surface area (Å²) in [6, 6.07) is 21.2. The number of benzene rings is 4. The van der Waals surface area contributed by atoms with Gasteiger partial charge in [-0.1, -0.05) is 18.2 Å². The number of likely N-dealkylation sites (N-methyl/N-ethyl adjacent to an activating group) is 2. The van der Waals surface area contributed by atoms with Crippen LogP contribution >= 0.6 is 0 Å². The molecule has 0 spiro atoms. The number of fused-ring (bicyclic) bond motifs is 2. The fraction of sp³-hybridized carbons (Fsp3) is 0.381. The number of aliphatic carboxylic acids is 2. The second-order valence-electron chi connectivity index (χ2n) is 13.9. The predicted molar refractivity (Wildman–Crippen MR) is 204 cm³/mol. The van der Waals surface area contributed by atoms with Crippen molar-refractivity contribution in [3.05, 3.63) is 94.0 Å². The van der Waals surface area contributed by atoms with Crippen molar-refractivity contribution >= 4 is 11.9 Å². The third kappa shape index (κ3) is 8.44. The van der Waals surface area contributed by atoms with Gasteiger partial charge >= 0.3 is 11.9 Å². The van der Waals surface area contributed by atoms with E-state index in [1.165, 1.54) is 22.3 Å². The van der Waals surface area contributed by atoms with Crippen molar-refractivity contribution in [2.24, 2.45) is 0 Å². The van der Waals surface area contributed by atoms with E-state index in [-0.39, 0.29) is 12.1 Å². The van der Waals surface area contributed by atoms with E-state index in [1.807, 2.05) is 18.2 Å². The molecule has 3 atom stereocenters. The summed E-state index contributed by atoms with van der Waals surface area (Å²) in [4.78, 5) is 24.2. The molecule has 4 aromatic carbocycles. The highest BCUT2D eigenvalue weighted by Gasteiger charge is 2.35. The molecule has 3 N–H and O–H groups in total. The van der Waals surface area contributed by atoms with Crippen molar-refractivity contribution in [1.29, 1.82) is 0 Å². The Bertz CT molecular complexity index is 2030. The van der Waals surface area contributed by atoms with Crippen LogP contribution < -0.4 is 28.4 Å². The minimum Gasteiger partial charge on any atom is -0.493 e. The highest BCUT2D eigenvalue weighted by molar-refractivity contribution is 5.79. The van der Waals surface area contributed by atoms with Gasteiger partial charge in [0.15, 0.2) is 40.6 Å². The molecule has 4 aliphatic rings. The molecule has 13 heteroatoms. The van der Waals surface area contributed by atoms with Crippen LogP contribution in [-0.2, 0) is 35.3 Å². The molecular formula is C42H48N2O11.